The number of hydrogen-bond acceptors (Lipinski definition) is 3. The molecule has 5 nitrogen and oxygen atoms in total. The molecule has 1 aromatic heterocycles. The fraction of sp³-hybridized carbons (Fsp3) is 0.158. The lowest BCUT2D eigenvalue weighted by molar-refractivity contribution is -0.138. The van der Waals surface area contributed by atoms with E-state index >= 15 is 0 Å². The first kappa shape index (κ1) is 17.9. The smallest absolute Gasteiger partial charge is 0.310 e. The Labute approximate surface area is 153 Å². The van der Waals surface area contributed by atoms with Gasteiger partial charge in [0.25, 0.3) is 5.91 Å². The van der Waals surface area contributed by atoms with Crippen molar-refractivity contribution in [3.8, 4) is 5.75 Å². The molecule has 2 N–H and O–H groups in total. The normalized spacial score (nSPS) is 12.3. The van der Waals surface area contributed by atoms with Crippen LogP contribution in [0.25, 0.3) is 10.9 Å². The Morgan fingerprint density at radius 1 is 1.19 bits per heavy atom. The van der Waals surface area contributed by atoms with E-state index < -0.39 is 29.4 Å². The van der Waals surface area contributed by atoms with Crippen LogP contribution in [0.4, 0.5) is 4.39 Å². The van der Waals surface area contributed by atoms with Crippen molar-refractivity contribution in [3.63, 3.8) is 0 Å². The molecule has 0 aliphatic carbocycles. The molecule has 7 heteroatoms. The summed E-state index contributed by atoms with van der Waals surface area (Å²) >= 11 is 5.85. The van der Waals surface area contributed by atoms with Gasteiger partial charge in [-0.1, -0.05) is 11.6 Å². The van der Waals surface area contributed by atoms with Gasteiger partial charge in [-0.2, -0.15) is 0 Å². The maximum atomic E-state index is 13.9. The maximum absolute atomic E-state index is 13.9. The number of carbonyl (C=O) groups is 2. The topological polar surface area (TPSA) is 79.5 Å². The van der Waals surface area contributed by atoms with E-state index in [1.807, 2.05) is 0 Å². The molecular weight excluding hydrogens is 361 g/mol. The molecule has 0 bridgehead atoms. The van der Waals surface area contributed by atoms with Crippen molar-refractivity contribution in [2.75, 3.05) is 0 Å². The Morgan fingerprint density at radius 3 is 2.38 bits per heavy atom. The van der Waals surface area contributed by atoms with Crippen LogP contribution in [0.1, 0.15) is 34.5 Å². The van der Waals surface area contributed by atoms with Gasteiger partial charge in [0.1, 0.15) is 0 Å². The van der Waals surface area contributed by atoms with Crippen LogP contribution in [0.2, 0.25) is 5.02 Å². The minimum Gasteiger partial charge on any atom is -0.505 e. The van der Waals surface area contributed by atoms with E-state index in [1.54, 1.807) is 19.1 Å². The van der Waals surface area contributed by atoms with Crippen LogP contribution in [-0.2, 0) is 4.79 Å². The van der Waals surface area contributed by atoms with E-state index in [0.29, 0.717) is 27.2 Å². The first-order valence-corrected chi connectivity index (χ1v) is 8.16. The van der Waals surface area contributed by atoms with E-state index in [0.717, 1.165) is 12.1 Å². The Bertz CT molecular complexity index is 1040. The highest BCUT2D eigenvalue weighted by atomic mass is 35.5. The highest BCUT2D eigenvalue weighted by Gasteiger charge is 2.27. The van der Waals surface area contributed by atoms with Gasteiger partial charge < -0.3 is 10.2 Å². The van der Waals surface area contributed by atoms with E-state index in [2.05, 4.69) is 0 Å². The van der Waals surface area contributed by atoms with Gasteiger partial charge in [0.15, 0.2) is 11.6 Å². The zero-order chi connectivity index (χ0) is 19.2. The summed E-state index contributed by atoms with van der Waals surface area (Å²) in [7, 11) is 0. The van der Waals surface area contributed by atoms with Crippen LogP contribution >= 0.6 is 11.6 Å². The second-order valence-electron chi connectivity index (χ2n) is 6.03. The molecule has 1 heterocycles. The Balaban J connectivity index is 2.33. The molecule has 0 amide bonds. The largest absolute Gasteiger partial charge is 0.505 e. The fourth-order valence-electron chi connectivity index (χ4n) is 3.10. The highest BCUT2D eigenvalue weighted by molar-refractivity contribution is 6.30. The standard InChI is InChI=1S/C19H15ClFNO4/c1-9(19(25)26)17-10(2)22(15-8-14(21)16(23)7-13(15)17)18(24)11-3-5-12(20)6-4-11/h3-9,23H,1-2H3,(H,25,26). The van der Waals surface area contributed by atoms with Gasteiger partial charge in [-0.25, -0.2) is 4.39 Å². The predicted octanol–water partition coefficient (Wildman–Crippen LogP) is 4.32. The molecule has 134 valence electrons. The number of aliphatic carboxylic acids is 1. The van der Waals surface area contributed by atoms with Crippen LogP contribution in [-0.4, -0.2) is 26.7 Å². The number of benzene rings is 2. The SMILES string of the molecule is Cc1c(C(C)C(=O)O)c2cc(O)c(F)cc2n1C(=O)c1ccc(Cl)cc1. The van der Waals surface area contributed by atoms with Crippen LogP contribution in [0, 0.1) is 12.7 Å². The lowest BCUT2D eigenvalue weighted by Crippen LogP contribution is -2.15. The summed E-state index contributed by atoms with van der Waals surface area (Å²) in [6, 6.07) is 8.37. The number of aromatic nitrogens is 1. The minimum absolute atomic E-state index is 0.195. The summed E-state index contributed by atoms with van der Waals surface area (Å²) in [5.74, 6) is -3.98. The van der Waals surface area contributed by atoms with Crippen molar-refractivity contribution in [1.29, 1.82) is 0 Å². The van der Waals surface area contributed by atoms with Crippen molar-refractivity contribution < 1.29 is 24.2 Å². The van der Waals surface area contributed by atoms with Gasteiger partial charge in [0, 0.05) is 27.7 Å². The molecule has 0 aliphatic rings. The van der Waals surface area contributed by atoms with Crippen molar-refractivity contribution >= 4 is 34.4 Å². The molecule has 26 heavy (non-hydrogen) atoms. The molecule has 0 saturated carbocycles. The second kappa shape index (κ2) is 6.46. The molecule has 3 rings (SSSR count). The van der Waals surface area contributed by atoms with Gasteiger partial charge in [0.05, 0.1) is 11.4 Å². The second-order valence-corrected chi connectivity index (χ2v) is 6.46. The fourth-order valence-corrected chi connectivity index (χ4v) is 3.23. The van der Waals surface area contributed by atoms with Crippen LogP contribution < -0.4 is 0 Å². The average molecular weight is 376 g/mol. The number of fused-ring (bicyclic) bond motifs is 1. The quantitative estimate of drug-likeness (QED) is 0.714. The first-order chi connectivity index (χ1) is 12.2. The van der Waals surface area contributed by atoms with Crippen molar-refractivity contribution in [2.45, 2.75) is 19.8 Å². The molecular formula is C19H15ClFNO4. The number of carboxylic acid groups (broad SMARTS) is 1. The maximum Gasteiger partial charge on any atom is 0.310 e. The molecule has 2 aromatic carbocycles. The number of nitrogens with zero attached hydrogens (tertiary/aromatic N) is 1. The molecule has 0 spiro atoms. The van der Waals surface area contributed by atoms with E-state index in [1.165, 1.54) is 23.6 Å². The number of phenolic OH excluding ortho intramolecular Hbond substituents is 1. The van der Waals surface area contributed by atoms with E-state index in [9.17, 15) is 24.2 Å². The third-order valence-corrected chi connectivity index (χ3v) is 4.67. The summed E-state index contributed by atoms with van der Waals surface area (Å²) < 4.78 is 15.2. The molecule has 0 radical (unpaired) electrons. The molecule has 0 saturated heterocycles. The third kappa shape index (κ3) is 2.82. The molecule has 0 fully saturated rings. The minimum atomic E-state index is -1.09. The third-order valence-electron chi connectivity index (χ3n) is 4.42. The van der Waals surface area contributed by atoms with Crippen LogP contribution in [0.5, 0.6) is 5.75 Å². The molecule has 0 aliphatic heterocycles. The summed E-state index contributed by atoms with van der Waals surface area (Å²) in [5, 5.41) is 19.9. The van der Waals surface area contributed by atoms with Crippen LogP contribution in [0.15, 0.2) is 36.4 Å². The number of carboxylic acids is 1. The van der Waals surface area contributed by atoms with Gasteiger partial charge >= 0.3 is 5.97 Å². The summed E-state index contributed by atoms with van der Waals surface area (Å²) in [6.45, 7) is 3.07. The lowest BCUT2D eigenvalue weighted by Gasteiger charge is -2.09. The van der Waals surface area contributed by atoms with Crippen molar-refractivity contribution in [1.82, 2.24) is 4.57 Å². The number of aromatic hydroxyl groups is 1. The average Bonchev–Trinajstić information content (AvgIpc) is 2.85. The van der Waals surface area contributed by atoms with Crippen molar-refractivity contribution in [3.05, 3.63) is 64.1 Å². The van der Waals surface area contributed by atoms with E-state index in [4.69, 9.17) is 11.6 Å². The summed E-state index contributed by atoms with van der Waals surface area (Å²) in [6.07, 6.45) is 0. The number of phenols is 1. The molecule has 1 unspecified atom stereocenters. The van der Waals surface area contributed by atoms with Gasteiger partial charge in [-0.15, -0.1) is 0 Å². The monoisotopic (exact) mass is 375 g/mol. The zero-order valence-electron chi connectivity index (χ0n) is 14.0. The summed E-state index contributed by atoms with van der Waals surface area (Å²) in [4.78, 5) is 24.5. The molecule has 1 atom stereocenters. The Kier molecular flexibility index (Phi) is 4.46. The van der Waals surface area contributed by atoms with Gasteiger partial charge in [-0.3, -0.25) is 14.2 Å². The molecule has 3 aromatic rings. The summed E-state index contributed by atoms with van der Waals surface area (Å²) in [5.41, 5.74) is 1.24. The van der Waals surface area contributed by atoms with Gasteiger partial charge in [-0.05, 0) is 49.7 Å². The first-order valence-electron chi connectivity index (χ1n) is 7.79. The van der Waals surface area contributed by atoms with E-state index in [-0.39, 0.29) is 5.52 Å². The number of hydrogen-bond donors (Lipinski definition) is 2. The van der Waals surface area contributed by atoms with Gasteiger partial charge in [0.2, 0.25) is 0 Å². The number of rotatable bonds is 3. The van der Waals surface area contributed by atoms with Crippen molar-refractivity contribution in [2.24, 2.45) is 0 Å². The van der Waals surface area contributed by atoms with Crippen LogP contribution in [0.3, 0.4) is 0 Å². The lowest BCUT2D eigenvalue weighted by atomic mass is 9.98. The Hall–Kier alpha value is -2.86. The number of carbonyl (C=O) groups excluding carboxylic acids is 1. The highest BCUT2D eigenvalue weighted by Crippen LogP contribution is 2.35. The zero-order valence-corrected chi connectivity index (χ0v) is 14.7. The number of halogens is 2. The predicted molar refractivity (Wildman–Crippen MR) is 95.5 cm³/mol. The Morgan fingerprint density at radius 2 is 1.81 bits per heavy atom.